The van der Waals surface area contributed by atoms with E-state index in [1.807, 2.05) is 25.9 Å². The fourth-order valence-electron chi connectivity index (χ4n) is 3.49. The predicted molar refractivity (Wildman–Crippen MR) is 108 cm³/mol. The fraction of sp³-hybridized carbons (Fsp3) is 0.632. The minimum atomic E-state index is -3.64. The van der Waals surface area contributed by atoms with Crippen molar-refractivity contribution in [2.24, 2.45) is 0 Å². The Hall–Kier alpha value is -1.15. The van der Waals surface area contributed by atoms with Crippen LogP contribution in [0.15, 0.2) is 29.2 Å². The van der Waals surface area contributed by atoms with Crippen LogP contribution in [0.5, 0.6) is 0 Å². The van der Waals surface area contributed by atoms with Crippen molar-refractivity contribution in [3.8, 4) is 0 Å². The summed E-state index contributed by atoms with van der Waals surface area (Å²) in [6.07, 6.45) is 3.75. The molecule has 0 saturated carbocycles. The number of carbonyl (C=O) groups excluding carboxylic acids is 1. The lowest BCUT2D eigenvalue weighted by Crippen LogP contribution is -2.53. The van der Waals surface area contributed by atoms with Gasteiger partial charge in [-0.25, -0.2) is 8.42 Å². The van der Waals surface area contributed by atoms with Crippen molar-refractivity contribution < 1.29 is 13.2 Å². The largest absolute Gasteiger partial charge is 0.354 e. The highest BCUT2D eigenvalue weighted by Crippen LogP contribution is 2.30. The number of nitrogens with one attached hydrogen (secondary N) is 1. The van der Waals surface area contributed by atoms with E-state index in [-0.39, 0.29) is 22.9 Å². The lowest BCUT2D eigenvalue weighted by Gasteiger charge is -2.39. The molecule has 1 saturated heterocycles. The molecule has 1 N–H and O–H groups in total. The molecule has 1 amide bonds. The third-order valence-electron chi connectivity index (χ3n) is 4.89. The number of carbonyl (C=O) groups is 1. The van der Waals surface area contributed by atoms with Gasteiger partial charge in [0.05, 0.1) is 4.90 Å². The number of hydrogen-bond donors (Lipinski definition) is 1. The summed E-state index contributed by atoms with van der Waals surface area (Å²) in [7, 11) is 0.310. The minimum Gasteiger partial charge on any atom is -0.354 e. The molecule has 0 aliphatic carbocycles. The molecule has 2 rings (SSSR count). The number of benzene rings is 1. The highest BCUT2D eigenvalue weighted by Gasteiger charge is 2.37. The SMILES string of the molecule is C[C@@H]1CCC[C@H](CNC(=O)CCCN(C)C)N1S(=O)(=O)c1ccc(Cl)cc1. The van der Waals surface area contributed by atoms with E-state index in [0.29, 0.717) is 18.0 Å². The van der Waals surface area contributed by atoms with E-state index in [1.165, 1.54) is 12.1 Å². The number of nitrogens with zero attached hydrogens (tertiary/aromatic N) is 2. The van der Waals surface area contributed by atoms with Gasteiger partial charge in [-0.3, -0.25) is 4.79 Å². The van der Waals surface area contributed by atoms with Crippen LogP contribution < -0.4 is 5.32 Å². The lowest BCUT2D eigenvalue weighted by atomic mass is 9.99. The van der Waals surface area contributed by atoms with Crippen LogP contribution in [0.3, 0.4) is 0 Å². The molecule has 1 aliphatic rings. The molecule has 0 unspecified atom stereocenters. The van der Waals surface area contributed by atoms with Crippen molar-refractivity contribution in [2.45, 2.75) is 56.0 Å². The number of halogens is 1. The van der Waals surface area contributed by atoms with E-state index in [2.05, 4.69) is 5.32 Å². The summed E-state index contributed by atoms with van der Waals surface area (Å²) < 4.78 is 27.9. The Bertz CT molecular complexity index is 722. The molecule has 0 bridgehead atoms. The summed E-state index contributed by atoms with van der Waals surface area (Å²) in [5, 5.41) is 3.43. The van der Waals surface area contributed by atoms with E-state index in [9.17, 15) is 13.2 Å². The number of rotatable bonds is 8. The molecule has 6 nitrogen and oxygen atoms in total. The van der Waals surface area contributed by atoms with Crippen LogP contribution in [-0.2, 0) is 14.8 Å². The van der Waals surface area contributed by atoms with Crippen molar-refractivity contribution in [1.29, 1.82) is 0 Å². The smallest absolute Gasteiger partial charge is 0.243 e. The van der Waals surface area contributed by atoms with Crippen molar-refractivity contribution in [2.75, 3.05) is 27.2 Å². The lowest BCUT2D eigenvalue weighted by molar-refractivity contribution is -0.121. The van der Waals surface area contributed by atoms with Crippen LogP contribution in [0.4, 0.5) is 0 Å². The quantitative estimate of drug-likeness (QED) is 0.708. The van der Waals surface area contributed by atoms with Gasteiger partial charge in [-0.15, -0.1) is 0 Å². The summed E-state index contributed by atoms with van der Waals surface area (Å²) in [6.45, 7) is 3.13. The zero-order valence-corrected chi connectivity index (χ0v) is 17.9. The number of sulfonamides is 1. The third kappa shape index (κ3) is 6.17. The first-order valence-electron chi connectivity index (χ1n) is 9.42. The Morgan fingerprint density at radius 1 is 1.26 bits per heavy atom. The van der Waals surface area contributed by atoms with Gasteiger partial charge < -0.3 is 10.2 Å². The van der Waals surface area contributed by atoms with Gasteiger partial charge in [0.25, 0.3) is 0 Å². The molecule has 27 heavy (non-hydrogen) atoms. The molecular weight excluding hydrogens is 386 g/mol. The van der Waals surface area contributed by atoms with Crippen LogP contribution in [0.2, 0.25) is 5.02 Å². The average molecular weight is 416 g/mol. The van der Waals surface area contributed by atoms with Crippen LogP contribution in [0.25, 0.3) is 0 Å². The summed E-state index contributed by atoms with van der Waals surface area (Å²) in [5.74, 6) is -0.0288. The molecule has 1 aliphatic heterocycles. The summed E-state index contributed by atoms with van der Waals surface area (Å²) in [6, 6.07) is 5.92. The van der Waals surface area contributed by atoms with Gasteiger partial charge in [-0.2, -0.15) is 4.31 Å². The standard InChI is InChI=1S/C19H30ClN3O3S/c1-15-6-4-7-17(14-21-19(24)8-5-13-22(2)3)23(15)27(25,26)18-11-9-16(20)10-12-18/h9-12,15,17H,4-8,13-14H2,1-3H3,(H,21,24)/t15-,17-/m1/s1. The van der Waals surface area contributed by atoms with Crippen LogP contribution in [0.1, 0.15) is 39.0 Å². The van der Waals surface area contributed by atoms with Crippen molar-refractivity contribution in [3.05, 3.63) is 29.3 Å². The monoisotopic (exact) mass is 415 g/mol. The zero-order chi connectivity index (χ0) is 20.0. The molecule has 0 spiro atoms. The maximum Gasteiger partial charge on any atom is 0.243 e. The molecule has 1 aromatic rings. The van der Waals surface area contributed by atoms with Gasteiger partial charge in [-0.05, 0) is 71.1 Å². The second-order valence-electron chi connectivity index (χ2n) is 7.43. The van der Waals surface area contributed by atoms with E-state index < -0.39 is 10.0 Å². The zero-order valence-electron chi connectivity index (χ0n) is 16.3. The molecule has 1 fully saturated rings. The van der Waals surface area contributed by atoms with Gasteiger partial charge in [0.1, 0.15) is 0 Å². The van der Waals surface area contributed by atoms with E-state index in [0.717, 1.165) is 32.2 Å². The van der Waals surface area contributed by atoms with Crippen molar-refractivity contribution in [1.82, 2.24) is 14.5 Å². The highest BCUT2D eigenvalue weighted by molar-refractivity contribution is 7.89. The van der Waals surface area contributed by atoms with Crippen molar-refractivity contribution >= 4 is 27.5 Å². The molecule has 0 radical (unpaired) electrons. The van der Waals surface area contributed by atoms with E-state index in [4.69, 9.17) is 11.6 Å². The number of amides is 1. The van der Waals surface area contributed by atoms with Gasteiger partial charge in [0, 0.05) is 30.1 Å². The molecule has 1 aromatic carbocycles. The van der Waals surface area contributed by atoms with Gasteiger partial charge in [-0.1, -0.05) is 18.0 Å². The molecule has 0 aromatic heterocycles. The van der Waals surface area contributed by atoms with Crippen LogP contribution in [-0.4, -0.2) is 62.8 Å². The Morgan fingerprint density at radius 3 is 2.56 bits per heavy atom. The van der Waals surface area contributed by atoms with E-state index in [1.54, 1.807) is 16.4 Å². The Kier molecular flexibility index (Phi) is 8.09. The molecule has 152 valence electrons. The molecule has 8 heteroatoms. The number of piperidine rings is 1. The summed E-state index contributed by atoms with van der Waals surface area (Å²) >= 11 is 5.89. The Morgan fingerprint density at radius 2 is 1.93 bits per heavy atom. The fourth-order valence-corrected chi connectivity index (χ4v) is 5.49. The first kappa shape index (κ1) is 22.1. The normalized spacial score (nSPS) is 21.4. The second kappa shape index (κ2) is 9.87. The minimum absolute atomic E-state index is 0.0288. The summed E-state index contributed by atoms with van der Waals surface area (Å²) in [5.41, 5.74) is 0. The van der Waals surface area contributed by atoms with Crippen LogP contribution in [0, 0.1) is 0 Å². The van der Waals surface area contributed by atoms with E-state index >= 15 is 0 Å². The maximum absolute atomic E-state index is 13.2. The number of hydrogen-bond acceptors (Lipinski definition) is 4. The average Bonchev–Trinajstić information content (AvgIpc) is 2.59. The molecule has 1 heterocycles. The van der Waals surface area contributed by atoms with Gasteiger partial charge in [0.15, 0.2) is 0 Å². The second-order valence-corrected chi connectivity index (χ2v) is 9.71. The molecular formula is C19H30ClN3O3S. The van der Waals surface area contributed by atoms with Crippen molar-refractivity contribution in [3.63, 3.8) is 0 Å². The molecule has 2 atom stereocenters. The first-order chi connectivity index (χ1) is 12.7. The highest BCUT2D eigenvalue weighted by atomic mass is 35.5. The third-order valence-corrected chi connectivity index (χ3v) is 7.22. The summed E-state index contributed by atoms with van der Waals surface area (Å²) in [4.78, 5) is 14.4. The first-order valence-corrected chi connectivity index (χ1v) is 11.2. The van der Waals surface area contributed by atoms with Gasteiger partial charge >= 0.3 is 0 Å². The maximum atomic E-state index is 13.2. The van der Waals surface area contributed by atoms with Gasteiger partial charge in [0.2, 0.25) is 15.9 Å². The Labute approximate surface area is 167 Å². The topological polar surface area (TPSA) is 69.7 Å². The van der Waals surface area contributed by atoms with Crippen LogP contribution >= 0.6 is 11.6 Å². The Balaban J connectivity index is 2.06. The predicted octanol–water partition coefficient (Wildman–Crippen LogP) is 2.73.